The number of likely N-dealkylation sites (tertiary alicyclic amines) is 1. The summed E-state index contributed by atoms with van der Waals surface area (Å²) in [5.74, 6) is 0.734. The number of amides is 1. The van der Waals surface area contributed by atoms with Gasteiger partial charge in [0.05, 0.1) is 12.5 Å². The predicted molar refractivity (Wildman–Crippen MR) is 102 cm³/mol. The van der Waals surface area contributed by atoms with Crippen LogP contribution < -0.4 is 10.1 Å². The molecule has 26 heavy (non-hydrogen) atoms. The molecule has 1 amide bonds. The second kappa shape index (κ2) is 8.06. The molecule has 2 aromatic rings. The van der Waals surface area contributed by atoms with E-state index >= 15 is 0 Å². The Hall–Kier alpha value is -2.11. The second-order valence-electron chi connectivity index (χ2n) is 6.79. The molecule has 1 aromatic heterocycles. The number of pyridine rings is 1. The molecule has 1 aromatic carbocycles. The molecule has 0 saturated carbocycles. The van der Waals surface area contributed by atoms with Gasteiger partial charge in [0, 0.05) is 43.5 Å². The Bertz CT molecular complexity index is 758. The Morgan fingerprint density at radius 2 is 2.00 bits per heavy atom. The van der Waals surface area contributed by atoms with E-state index in [2.05, 4.69) is 15.2 Å². The Balaban J connectivity index is 1.69. The lowest BCUT2D eigenvalue weighted by Crippen LogP contribution is -2.63. The zero-order chi connectivity index (χ0) is 18.6. The summed E-state index contributed by atoms with van der Waals surface area (Å²) in [6.45, 7) is 4.83. The van der Waals surface area contributed by atoms with E-state index in [9.17, 15) is 4.79 Å². The molecule has 6 heteroatoms. The van der Waals surface area contributed by atoms with Crippen LogP contribution in [0.2, 0.25) is 5.02 Å². The Morgan fingerprint density at radius 1 is 1.27 bits per heavy atom. The van der Waals surface area contributed by atoms with E-state index in [1.165, 1.54) is 0 Å². The van der Waals surface area contributed by atoms with Gasteiger partial charge in [-0.25, -0.2) is 4.98 Å². The third-order valence-corrected chi connectivity index (χ3v) is 4.99. The summed E-state index contributed by atoms with van der Waals surface area (Å²) in [5.41, 5.74) is 1.87. The van der Waals surface area contributed by atoms with Crippen molar-refractivity contribution in [3.63, 3.8) is 0 Å². The van der Waals surface area contributed by atoms with Crippen molar-refractivity contribution in [1.29, 1.82) is 0 Å². The van der Waals surface area contributed by atoms with Crippen LogP contribution in [0, 0.1) is 5.41 Å². The summed E-state index contributed by atoms with van der Waals surface area (Å²) in [7, 11) is 1.61. The fourth-order valence-corrected chi connectivity index (χ4v) is 3.64. The summed E-state index contributed by atoms with van der Waals surface area (Å²) in [4.78, 5) is 19.1. The number of hydrogen-bond donors (Lipinski definition) is 1. The quantitative estimate of drug-likeness (QED) is 0.810. The van der Waals surface area contributed by atoms with Crippen LogP contribution in [-0.2, 0) is 17.8 Å². The molecule has 0 aliphatic carbocycles. The first kappa shape index (κ1) is 18.7. The molecule has 1 N–H and O–H groups in total. The number of rotatable bonds is 7. The summed E-state index contributed by atoms with van der Waals surface area (Å²) >= 11 is 5.98. The molecule has 0 bridgehead atoms. The number of carbonyl (C=O) groups is 1. The molecular weight excluding hydrogens is 350 g/mol. The van der Waals surface area contributed by atoms with Gasteiger partial charge in [-0.15, -0.1) is 0 Å². The molecule has 2 heterocycles. The number of benzene rings is 1. The van der Waals surface area contributed by atoms with Crippen molar-refractivity contribution >= 4 is 17.5 Å². The Morgan fingerprint density at radius 3 is 2.65 bits per heavy atom. The van der Waals surface area contributed by atoms with Gasteiger partial charge in [0.2, 0.25) is 11.8 Å². The highest BCUT2D eigenvalue weighted by molar-refractivity contribution is 6.30. The zero-order valence-corrected chi connectivity index (χ0v) is 15.9. The number of nitrogens with zero attached hydrogens (tertiary/aromatic N) is 2. The minimum absolute atomic E-state index is 0.124. The monoisotopic (exact) mass is 373 g/mol. The van der Waals surface area contributed by atoms with Gasteiger partial charge in [0.15, 0.2) is 0 Å². The first-order chi connectivity index (χ1) is 12.5. The SMILES string of the molecule is CCNC(=O)C1(Cc2ccc(Cl)cc2)CN(Cc2ccnc(OC)c2)C1. The maximum Gasteiger partial charge on any atom is 0.229 e. The topological polar surface area (TPSA) is 54.5 Å². The number of nitrogens with one attached hydrogen (secondary N) is 1. The van der Waals surface area contributed by atoms with Gasteiger partial charge in [0.25, 0.3) is 0 Å². The van der Waals surface area contributed by atoms with Crippen molar-refractivity contribution in [2.24, 2.45) is 5.41 Å². The van der Waals surface area contributed by atoms with E-state index in [0.717, 1.165) is 30.8 Å². The largest absolute Gasteiger partial charge is 0.481 e. The molecule has 5 nitrogen and oxygen atoms in total. The smallest absolute Gasteiger partial charge is 0.229 e. The highest BCUT2D eigenvalue weighted by Crippen LogP contribution is 2.36. The van der Waals surface area contributed by atoms with Crippen LogP contribution in [0.3, 0.4) is 0 Å². The first-order valence-electron chi connectivity index (χ1n) is 8.79. The Kier molecular flexibility index (Phi) is 5.79. The first-order valence-corrected chi connectivity index (χ1v) is 9.16. The van der Waals surface area contributed by atoms with Crippen LogP contribution in [0.1, 0.15) is 18.1 Å². The maximum absolute atomic E-state index is 12.7. The van der Waals surface area contributed by atoms with Crippen LogP contribution in [0.25, 0.3) is 0 Å². The van der Waals surface area contributed by atoms with Gasteiger partial charge in [-0.1, -0.05) is 23.7 Å². The molecular formula is C20H24ClN3O2. The molecule has 0 unspecified atom stereocenters. The van der Waals surface area contributed by atoms with E-state index in [1.807, 2.05) is 43.3 Å². The maximum atomic E-state index is 12.7. The van der Waals surface area contributed by atoms with Gasteiger partial charge >= 0.3 is 0 Å². The van der Waals surface area contributed by atoms with Crippen molar-refractivity contribution < 1.29 is 9.53 Å². The lowest BCUT2D eigenvalue weighted by atomic mass is 9.73. The van der Waals surface area contributed by atoms with E-state index in [0.29, 0.717) is 23.9 Å². The van der Waals surface area contributed by atoms with Gasteiger partial charge in [-0.2, -0.15) is 0 Å². The van der Waals surface area contributed by atoms with E-state index in [-0.39, 0.29) is 11.3 Å². The summed E-state index contributed by atoms with van der Waals surface area (Å²) < 4.78 is 5.18. The van der Waals surface area contributed by atoms with Crippen molar-refractivity contribution in [1.82, 2.24) is 15.2 Å². The van der Waals surface area contributed by atoms with E-state index in [4.69, 9.17) is 16.3 Å². The molecule has 1 saturated heterocycles. The minimum atomic E-state index is -0.388. The van der Waals surface area contributed by atoms with Crippen LogP contribution in [-0.4, -0.2) is 42.5 Å². The average Bonchev–Trinajstić information content (AvgIpc) is 2.61. The lowest BCUT2D eigenvalue weighted by molar-refractivity contribution is -0.142. The minimum Gasteiger partial charge on any atom is -0.481 e. The lowest BCUT2D eigenvalue weighted by Gasteiger charge is -2.49. The third-order valence-electron chi connectivity index (χ3n) is 4.74. The predicted octanol–water partition coefficient (Wildman–Crippen LogP) is 2.92. The molecule has 1 aliphatic heterocycles. The molecule has 0 spiro atoms. The highest BCUT2D eigenvalue weighted by atomic mass is 35.5. The molecule has 1 fully saturated rings. The van der Waals surface area contributed by atoms with Crippen LogP contribution in [0.15, 0.2) is 42.6 Å². The van der Waals surface area contributed by atoms with Crippen LogP contribution in [0.4, 0.5) is 0 Å². The summed E-state index contributed by atoms with van der Waals surface area (Å²) in [6.07, 6.45) is 2.46. The molecule has 1 aliphatic rings. The zero-order valence-electron chi connectivity index (χ0n) is 15.2. The molecule has 138 valence electrons. The van der Waals surface area contributed by atoms with E-state index in [1.54, 1.807) is 13.3 Å². The van der Waals surface area contributed by atoms with Crippen LogP contribution in [0.5, 0.6) is 5.88 Å². The van der Waals surface area contributed by atoms with Gasteiger partial charge < -0.3 is 10.1 Å². The number of aromatic nitrogens is 1. The Labute approximate surface area is 159 Å². The summed E-state index contributed by atoms with van der Waals surface area (Å²) in [5, 5.41) is 3.71. The normalized spacial score (nSPS) is 16.0. The highest BCUT2D eigenvalue weighted by Gasteiger charge is 2.48. The number of carbonyl (C=O) groups excluding carboxylic acids is 1. The van der Waals surface area contributed by atoms with Crippen LogP contribution >= 0.6 is 11.6 Å². The second-order valence-corrected chi connectivity index (χ2v) is 7.23. The van der Waals surface area contributed by atoms with Gasteiger partial charge in [0.1, 0.15) is 0 Å². The number of halogens is 1. The number of hydrogen-bond acceptors (Lipinski definition) is 4. The fraction of sp³-hybridized carbons (Fsp3) is 0.400. The van der Waals surface area contributed by atoms with Crippen molar-refractivity contribution in [3.8, 4) is 5.88 Å². The third kappa shape index (κ3) is 4.17. The fourth-order valence-electron chi connectivity index (χ4n) is 3.52. The van der Waals surface area contributed by atoms with E-state index < -0.39 is 0 Å². The molecule has 3 rings (SSSR count). The average molecular weight is 374 g/mol. The standard InChI is InChI=1S/C20H24ClN3O2/c1-3-22-19(25)20(11-15-4-6-17(21)7-5-15)13-24(14-20)12-16-8-9-23-18(10-16)26-2/h4-10H,3,11-14H2,1-2H3,(H,22,25). The number of ether oxygens (including phenoxy) is 1. The summed E-state index contributed by atoms with van der Waals surface area (Å²) in [6, 6.07) is 11.7. The van der Waals surface area contributed by atoms with Gasteiger partial charge in [-0.05, 0) is 42.7 Å². The van der Waals surface area contributed by atoms with Gasteiger partial charge in [-0.3, -0.25) is 9.69 Å². The van der Waals surface area contributed by atoms with Crippen molar-refractivity contribution in [2.75, 3.05) is 26.7 Å². The molecule has 0 radical (unpaired) electrons. The number of methoxy groups -OCH3 is 1. The van der Waals surface area contributed by atoms with Crippen molar-refractivity contribution in [3.05, 3.63) is 58.7 Å². The molecule has 0 atom stereocenters. The van der Waals surface area contributed by atoms with Crippen molar-refractivity contribution in [2.45, 2.75) is 19.9 Å².